The van der Waals surface area contributed by atoms with Gasteiger partial charge in [0.1, 0.15) is 0 Å². The molecule has 2 nitrogen and oxygen atoms in total. The minimum Gasteiger partial charge on any atom is -0.546 e. The lowest BCUT2D eigenvalue weighted by Gasteiger charge is -2.43. The van der Waals surface area contributed by atoms with Gasteiger partial charge < -0.3 is 8.85 Å². The Hall–Kier alpha value is -0.486. The summed E-state index contributed by atoms with van der Waals surface area (Å²) >= 11 is 0. The Morgan fingerprint density at radius 1 is 0.593 bits per heavy atom. The molecule has 0 aromatic carbocycles. The van der Waals surface area contributed by atoms with E-state index in [1.165, 1.54) is 0 Å². The van der Waals surface area contributed by atoms with Crippen molar-refractivity contribution in [1.29, 1.82) is 0 Å². The Morgan fingerprint density at radius 2 is 0.852 bits per heavy atom. The van der Waals surface area contributed by atoms with Crippen LogP contribution in [0.1, 0.15) is 90.0 Å². The highest BCUT2D eigenvalue weighted by atomic mass is 28.4. The van der Waals surface area contributed by atoms with Gasteiger partial charge in [0.15, 0.2) is 0 Å². The molecule has 4 heteroatoms. The molecule has 0 atom stereocenters. The molecule has 0 heterocycles. The third-order valence-corrected chi connectivity index (χ3v) is 18.5. The lowest BCUT2D eigenvalue weighted by molar-refractivity contribution is 0.358. The molecule has 0 aliphatic heterocycles. The molecule has 0 fully saturated rings. The predicted molar refractivity (Wildman–Crippen MR) is 127 cm³/mol. The lowest BCUT2D eigenvalue weighted by atomic mass is 10.4. The van der Waals surface area contributed by atoms with E-state index < -0.39 is 16.6 Å². The zero-order valence-electron chi connectivity index (χ0n) is 20.6. The summed E-state index contributed by atoms with van der Waals surface area (Å²) in [6.07, 6.45) is 2.05. The van der Waals surface area contributed by atoms with Gasteiger partial charge in [0, 0.05) is 6.08 Å². The van der Waals surface area contributed by atoms with E-state index in [4.69, 9.17) is 8.85 Å². The van der Waals surface area contributed by atoms with E-state index in [1.807, 2.05) is 6.08 Å². The predicted octanol–water partition coefficient (Wildman–Crippen LogP) is 8.79. The molecule has 0 aliphatic carbocycles. The highest BCUT2D eigenvalue weighted by molar-refractivity contribution is 6.78. The first-order chi connectivity index (χ1) is 12.2. The van der Waals surface area contributed by atoms with Gasteiger partial charge in [0.25, 0.3) is 16.6 Å². The minimum atomic E-state index is -1.97. The van der Waals surface area contributed by atoms with E-state index in [0.29, 0.717) is 33.2 Å². The zero-order valence-corrected chi connectivity index (χ0v) is 22.6. The van der Waals surface area contributed by atoms with Gasteiger partial charge in [-0.15, -0.1) is 0 Å². The minimum absolute atomic E-state index is 0.541. The molecule has 0 saturated heterocycles. The summed E-state index contributed by atoms with van der Waals surface area (Å²) in [6.45, 7) is 34.1. The molecule has 0 radical (unpaired) electrons. The van der Waals surface area contributed by atoms with Gasteiger partial charge in [-0.1, -0.05) is 89.7 Å². The van der Waals surface area contributed by atoms with E-state index in [2.05, 4.69) is 96.6 Å². The fourth-order valence-electron chi connectivity index (χ4n) is 5.50. The van der Waals surface area contributed by atoms with Crippen molar-refractivity contribution in [3.63, 3.8) is 0 Å². The molecule has 0 bridgehead atoms. The van der Waals surface area contributed by atoms with Crippen molar-refractivity contribution in [2.45, 2.75) is 123 Å². The van der Waals surface area contributed by atoms with Crippen LogP contribution in [-0.2, 0) is 8.85 Å². The first-order valence-corrected chi connectivity index (χ1v) is 15.2. The topological polar surface area (TPSA) is 18.5 Å². The maximum atomic E-state index is 6.76. The van der Waals surface area contributed by atoms with Crippen LogP contribution in [0.15, 0.2) is 24.2 Å². The average Bonchev–Trinajstić information content (AvgIpc) is 2.47. The number of rotatable bonds is 11. The fourth-order valence-corrected chi connectivity index (χ4v) is 16.0. The standard InChI is InChI=1S/C23H48O2Si2/c1-16(2)26(17(3)4,18(5)6)24-22(13)15-23(14)25-27(19(7)8,20(9)10)21(11)12/h15-21H,13H2,1-12,14H3/b23-15-. The van der Waals surface area contributed by atoms with Gasteiger partial charge in [-0.3, -0.25) is 0 Å². The van der Waals surface area contributed by atoms with Gasteiger partial charge in [-0.25, -0.2) is 0 Å². The normalized spacial score (nSPS) is 14.3. The van der Waals surface area contributed by atoms with Crippen LogP contribution >= 0.6 is 0 Å². The van der Waals surface area contributed by atoms with Crippen molar-refractivity contribution in [3.05, 3.63) is 24.2 Å². The van der Waals surface area contributed by atoms with Crippen LogP contribution in [0, 0.1) is 0 Å². The Bertz CT molecular complexity index is 459. The molecule has 0 aromatic heterocycles. The van der Waals surface area contributed by atoms with Crippen LogP contribution in [0.5, 0.6) is 0 Å². The zero-order chi connectivity index (χ0) is 21.7. The van der Waals surface area contributed by atoms with Gasteiger partial charge in [0.05, 0.1) is 11.5 Å². The maximum Gasteiger partial charge on any atom is 0.258 e. The summed E-state index contributed by atoms with van der Waals surface area (Å²) in [5.41, 5.74) is 3.31. The highest BCUT2D eigenvalue weighted by Gasteiger charge is 2.48. The molecule has 0 spiro atoms. The molecule has 0 saturated carbocycles. The largest absolute Gasteiger partial charge is 0.546 e. The molecular formula is C23H48O2Si2. The van der Waals surface area contributed by atoms with Crippen LogP contribution in [0.3, 0.4) is 0 Å². The molecule has 160 valence electrons. The second-order valence-corrected chi connectivity index (χ2v) is 20.8. The third kappa shape index (κ3) is 5.75. The molecule has 0 rings (SSSR count). The smallest absolute Gasteiger partial charge is 0.258 e. The van der Waals surface area contributed by atoms with Crippen molar-refractivity contribution < 1.29 is 8.85 Å². The van der Waals surface area contributed by atoms with Crippen molar-refractivity contribution in [2.24, 2.45) is 0 Å². The molecular weight excluding hydrogens is 364 g/mol. The number of hydrogen-bond donors (Lipinski definition) is 0. The maximum absolute atomic E-state index is 6.76. The molecule has 0 unspecified atom stereocenters. The average molecular weight is 413 g/mol. The molecule has 0 amide bonds. The van der Waals surface area contributed by atoms with E-state index in [0.717, 1.165) is 11.5 Å². The summed E-state index contributed by atoms with van der Waals surface area (Å²) in [4.78, 5) is 0. The summed E-state index contributed by atoms with van der Waals surface area (Å²) in [6, 6.07) is 0. The van der Waals surface area contributed by atoms with Crippen molar-refractivity contribution in [1.82, 2.24) is 0 Å². The highest BCUT2D eigenvalue weighted by Crippen LogP contribution is 2.45. The summed E-state index contributed by atoms with van der Waals surface area (Å²) < 4.78 is 13.5. The second-order valence-electron chi connectivity index (χ2n) is 10.1. The molecule has 27 heavy (non-hydrogen) atoms. The lowest BCUT2D eigenvalue weighted by Crippen LogP contribution is -2.48. The van der Waals surface area contributed by atoms with Gasteiger partial charge in [-0.2, -0.15) is 0 Å². The Kier molecular flexibility index (Phi) is 10.2. The summed E-state index contributed by atoms with van der Waals surface area (Å²) in [5, 5.41) is 0. The molecule has 0 aliphatic rings. The quantitative estimate of drug-likeness (QED) is 0.192. The van der Waals surface area contributed by atoms with Crippen LogP contribution in [0.25, 0.3) is 0 Å². The van der Waals surface area contributed by atoms with Gasteiger partial charge in [0.2, 0.25) is 0 Å². The second kappa shape index (κ2) is 10.3. The van der Waals surface area contributed by atoms with Crippen LogP contribution in [0.2, 0.25) is 33.2 Å². The van der Waals surface area contributed by atoms with Gasteiger partial charge in [-0.05, 0) is 40.2 Å². The summed E-state index contributed by atoms with van der Waals surface area (Å²) in [7, 11) is -3.91. The van der Waals surface area contributed by atoms with Crippen LogP contribution in [0.4, 0.5) is 0 Å². The summed E-state index contributed by atoms with van der Waals surface area (Å²) in [5.74, 6) is 1.73. The first kappa shape index (κ1) is 26.5. The van der Waals surface area contributed by atoms with Gasteiger partial charge >= 0.3 is 0 Å². The SMILES string of the molecule is C=C(/C=C(/C)O[Si](C(C)C)(C(C)C)C(C)C)O[Si](C(C)C)(C(C)C)C(C)C. The van der Waals surface area contributed by atoms with Crippen LogP contribution in [-0.4, -0.2) is 16.6 Å². The Labute approximate surface area is 173 Å². The van der Waals surface area contributed by atoms with E-state index >= 15 is 0 Å². The number of hydrogen-bond acceptors (Lipinski definition) is 2. The van der Waals surface area contributed by atoms with Crippen molar-refractivity contribution in [2.75, 3.05) is 0 Å². The fraction of sp³-hybridized carbons (Fsp3) is 0.826. The molecule has 0 aromatic rings. The monoisotopic (exact) mass is 412 g/mol. The Balaban J connectivity index is 5.71. The molecule has 0 N–H and O–H groups in total. The van der Waals surface area contributed by atoms with Crippen molar-refractivity contribution in [3.8, 4) is 0 Å². The van der Waals surface area contributed by atoms with Crippen molar-refractivity contribution >= 4 is 16.6 Å². The first-order valence-electron chi connectivity index (χ1n) is 10.9. The van der Waals surface area contributed by atoms with E-state index in [1.54, 1.807) is 0 Å². The third-order valence-electron chi connectivity index (χ3n) is 6.42. The van der Waals surface area contributed by atoms with E-state index in [-0.39, 0.29) is 0 Å². The Morgan fingerprint density at radius 3 is 1.11 bits per heavy atom. The van der Waals surface area contributed by atoms with Crippen LogP contribution < -0.4 is 0 Å². The van der Waals surface area contributed by atoms with E-state index in [9.17, 15) is 0 Å². The number of allylic oxidation sites excluding steroid dienone is 2.